The fourth-order valence-corrected chi connectivity index (χ4v) is 3.03. The van der Waals surface area contributed by atoms with Crippen molar-refractivity contribution in [3.8, 4) is 0 Å². The molecule has 3 nitrogen and oxygen atoms in total. The number of ketones is 1. The summed E-state index contributed by atoms with van der Waals surface area (Å²) in [6.45, 7) is 0. The molecule has 0 saturated heterocycles. The zero-order valence-electron chi connectivity index (χ0n) is 9.37. The van der Waals surface area contributed by atoms with Gasteiger partial charge in [-0.2, -0.15) is 0 Å². The molecule has 0 aliphatic heterocycles. The number of carbonyl (C=O) groups excluding carboxylic acids is 2. The van der Waals surface area contributed by atoms with Crippen LogP contribution in [0.25, 0.3) is 0 Å². The fourth-order valence-electron chi connectivity index (χ4n) is 2.05. The van der Waals surface area contributed by atoms with Gasteiger partial charge in [-0.25, -0.2) is 0 Å². The van der Waals surface area contributed by atoms with Crippen LogP contribution in [0, 0.1) is 0 Å². The number of nitrogens with one attached hydrogen (secondary N) is 1. The summed E-state index contributed by atoms with van der Waals surface area (Å²) >= 11 is 6.88. The molecule has 17 heavy (non-hydrogen) atoms. The maximum atomic E-state index is 11.8. The van der Waals surface area contributed by atoms with Gasteiger partial charge in [-0.15, -0.1) is 11.3 Å². The Balaban J connectivity index is 1.93. The molecule has 1 fully saturated rings. The second-order valence-corrected chi connectivity index (χ2v) is 5.96. The highest BCUT2D eigenvalue weighted by molar-refractivity contribution is 7.18. The average molecular weight is 272 g/mol. The van der Waals surface area contributed by atoms with Gasteiger partial charge in [0, 0.05) is 6.04 Å². The molecule has 5 heteroatoms. The lowest BCUT2D eigenvalue weighted by molar-refractivity contribution is -0.117. The molecule has 0 aromatic carbocycles. The first-order valence-electron chi connectivity index (χ1n) is 5.77. The van der Waals surface area contributed by atoms with E-state index in [1.807, 2.05) is 0 Å². The molecule has 0 unspecified atom stereocenters. The Morgan fingerprint density at radius 3 is 2.53 bits per heavy atom. The number of hydrogen-bond donors (Lipinski definition) is 1. The van der Waals surface area contributed by atoms with Crippen molar-refractivity contribution < 1.29 is 9.59 Å². The van der Waals surface area contributed by atoms with E-state index in [0.717, 1.165) is 37.0 Å². The molecule has 0 bridgehead atoms. The van der Waals surface area contributed by atoms with E-state index in [9.17, 15) is 9.59 Å². The quantitative estimate of drug-likeness (QED) is 0.678. The minimum absolute atomic E-state index is 0.163. The minimum atomic E-state index is -0.504. The van der Waals surface area contributed by atoms with Gasteiger partial charge in [0.15, 0.2) is 0 Å². The van der Waals surface area contributed by atoms with Crippen molar-refractivity contribution >= 4 is 34.6 Å². The predicted octanol–water partition coefficient (Wildman–Crippen LogP) is 3.03. The van der Waals surface area contributed by atoms with Crippen LogP contribution in [-0.2, 0) is 4.79 Å². The topological polar surface area (TPSA) is 46.2 Å². The number of halogens is 1. The molecule has 1 N–H and O–H groups in total. The van der Waals surface area contributed by atoms with Crippen LogP contribution in [0.2, 0.25) is 4.34 Å². The highest BCUT2D eigenvalue weighted by Crippen LogP contribution is 2.22. The summed E-state index contributed by atoms with van der Waals surface area (Å²) in [6.07, 6.45) is 5.43. The largest absolute Gasteiger partial charge is 0.346 e. The lowest BCUT2D eigenvalue weighted by Crippen LogP contribution is -2.40. The predicted molar refractivity (Wildman–Crippen MR) is 68.7 cm³/mol. The van der Waals surface area contributed by atoms with E-state index < -0.39 is 11.7 Å². The van der Waals surface area contributed by atoms with Gasteiger partial charge in [-0.1, -0.05) is 30.9 Å². The first-order valence-corrected chi connectivity index (χ1v) is 6.97. The molecule has 2 rings (SSSR count). The molecular weight excluding hydrogens is 258 g/mol. The third-order valence-electron chi connectivity index (χ3n) is 2.94. The zero-order valence-corrected chi connectivity index (χ0v) is 10.9. The standard InChI is InChI=1S/C12H14ClNO2S/c13-10-7-6-9(17-10)11(15)12(16)14-8-4-2-1-3-5-8/h6-8H,1-5H2,(H,14,16). The first-order chi connectivity index (χ1) is 8.16. The van der Waals surface area contributed by atoms with E-state index in [-0.39, 0.29) is 6.04 Å². The van der Waals surface area contributed by atoms with Crippen molar-refractivity contribution in [3.63, 3.8) is 0 Å². The molecule has 0 atom stereocenters. The van der Waals surface area contributed by atoms with E-state index in [1.165, 1.54) is 6.42 Å². The maximum Gasteiger partial charge on any atom is 0.293 e. The number of rotatable bonds is 3. The summed E-state index contributed by atoms with van der Waals surface area (Å²) in [4.78, 5) is 23.9. The first kappa shape index (κ1) is 12.6. The van der Waals surface area contributed by atoms with Gasteiger partial charge in [0.2, 0.25) is 0 Å². The highest BCUT2D eigenvalue weighted by atomic mass is 35.5. The fraction of sp³-hybridized carbons (Fsp3) is 0.500. The Morgan fingerprint density at radius 2 is 1.94 bits per heavy atom. The van der Waals surface area contributed by atoms with Crippen LogP contribution < -0.4 is 5.32 Å². The molecule has 1 aromatic heterocycles. The summed E-state index contributed by atoms with van der Waals surface area (Å²) < 4.78 is 0.527. The van der Waals surface area contributed by atoms with Crippen molar-refractivity contribution in [1.82, 2.24) is 5.32 Å². The van der Waals surface area contributed by atoms with Crippen LogP contribution >= 0.6 is 22.9 Å². The second-order valence-electron chi connectivity index (χ2n) is 4.24. The Labute approximate surface area is 109 Å². The molecular formula is C12H14ClNO2S. The third-order valence-corrected chi connectivity index (χ3v) is 4.17. The second kappa shape index (κ2) is 5.65. The van der Waals surface area contributed by atoms with Crippen LogP contribution in [0.1, 0.15) is 41.8 Å². The van der Waals surface area contributed by atoms with Gasteiger partial charge >= 0.3 is 0 Å². The summed E-state index contributed by atoms with van der Waals surface area (Å²) in [5.74, 6) is -0.983. The molecule has 0 spiro atoms. The van der Waals surface area contributed by atoms with E-state index >= 15 is 0 Å². The number of hydrogen-bond acceptors (Lipinski definition) is 3. The van der Waals surface area contributed by atoms with Crippen LogP contribution in [0.3, 0.4) is 0 Å². The van der Waals surface area contributed by atoms with Gasteiger partial charge in [-0.05, 0) is 25.0 Å². The van der Waals surface area contributed by atoms with Crippen LogP contribution in [-0.4, -0.2) is 17.7 Å². The van der Waals surface area contributed by atoms with Crippen molar-refractivity contribution in [3.05, 3.63) is 21.3 Å². The molecule has 1 aliphatic rings. The Bertz CT molecular complexity index is 424. The summed E-state index contributed by atoms with van der Waals surface area (Å²) in [6, 6.07) is 3.39. The van der Waals surface area contributed by atoms with E-state index in [2.05, 4.69) is 5.32 Å². The van der Waals surface area contributed by atoms with Crippen LogP contribution in [0.4, 0.5) is 0 Å². The Hall–Kier alpha value is -0.870. The Kier molecular flexibility index (Phi) is 4.18. The molecule has 1 aromatic rings. The lowest BCUT2D eigenvalue weighted by atomic mass is 9.95. The van der Waals surface area contributed by atoms with Crippen molar-refractivity contribution in [2.24, 2.45) is 0 Å². The van der Waals surface area contributed by atoms with Gasteiger partial charge < -0.3 is 5.32 Å². The smallest absolute Gasteiger partial charge is 0.293 e. The number of amides is 1. The number of thiophene rings is 1. The maximum absolute atomic E-state index is 11.8. The summed E-state index contributed by atoms with van der Waals surface area (Å²) in [7, 11) is 0. The van der Waals surface area contributed by atoms with Gasteiger partial charge in [0.25, 0.3) is 11.7 Å². The van der Waals surface area contributed by atoms with Crippen molar-refractivity contribution in [2.45, 2.75) is 38.1 Å². The number of carbonyl (C=O) groups is 2. The minimum Gasteiger partial charge on any atom is -0.346 e. The molecule has 1 aliphatic carbocycles. The van der Waals surface area contributed by atoms with Gasteiger partial charge in [0.1, 0.15) is 0 Å². The van der Waals surface area contributed by atoms with Crippen molar-refractivity contribution in [1.29, 1.82) is 0 Å². The molecule has 1 saturated carbocycles. The highest BCUT2D eigenvalue weighted by Gasteiger charge is 2.22. The average Bonchev–Trinajstić information content (AvgIpc) is 2.76. The molecule has 0 radical (unpaired) electrons. The normalized spacial score (nSPS) is 16.8. The lowest BCUT2D eigenvalue weighted by Gasteiger charge is -2.22. The van der Waals surface area contributed by atoms with E-state index in [1.54, 1.807) is 12.1 Å². The number of Topliss-reactive ketones (excluding diaryl/α,β-unsaturated/α-hetero) is 1. The monoisotopic (exact) mass is 271 g/mol. The van der Waals surface area contributed by atoms with E-state index in [0.29, 0.717) is 9.21 Å². The van der Waals surface area contributed by atoms with Crippen LogP contribution in [0.5, 0.6) is 0 Å². The SMILES string of the molecule is O=C(NC1CCCCC1)C(=O)c1ccc(Cl)s1. The van der Waals surface area contributed by atoms with Crippen molar-refractivity contribution in [2.75, 3.05) is 0 Å². The molecule has 1 heterocycles. The van der Waals surface area contributed by atoms with E-state index in [4.69, 9.17) is 11.6 Å². The summed E-state index contributed by atoms with van der Waals surface area (Å²) in [5.41, 5.74) is 0. The third kappa shape index (κ3) is 3.30. The Morgan fingerprint density at radius 1 is 1.24 bits per heavy atom. The molecule has 92 valence electrons. The van der Waals surface area contributed by atoms with Crippen LogP contribution in [0.15, 0.2) is 12.1 Å². The summed E-state index contributed by atoms with van der Waals surface area (Å²) in [5, 5.41) is 2.80. The van der Waals surface area contributed by atoms with Gasteiger partial charge in [-0.3, -0.25) is 9.59 Å². The zero-order chi connectivity index (χ0) is 12.3. The van der Waals surface area contributed by atoms with Gasteiger partial charge in [0.05, 0.1) is 9.21 Å². The molecule has 1 amide bonds.